The van der Waals surface area contributed by atoms with E-state index in [-0.39, 0.29) is 11.5 Å². The maximum atomic E-state index is 12.1. The number of aliphatic hydroxyl groups excluding tert-OH is 1. The Hall–Kier alpha value is -1.18. The number of aliphatic hydroxyl groups is 1. The first-order valence-corrected chi connectivity index (χ1v) is 6.11. The number of aromatic nitrogens is 4. The van der Waals surface area contributed by atoms with Crippen molar-refractivity contribution < 1.29 is 18.3 Å². The van der Waals surface area contributed by atoms with E-state index in [9.17, 15) is 13.2 Å². The third-order valence-electron chi connectivity index (χ3n) is 2.40. The first-order chi connectivity index (χ1) is 8.58. The minimum Gasteiger partial charge on any atom is -0.393 e. The van der Waals surface area contributed by atoms with Crippen molar-refractivity contribution in [1.29, 1.82) is 0 Å². The molecule has 0 unspecified atom stereocenters. The van der Waals surface area contributed by atoms with Crippen LogP contribution in [-0.2, 0) is 12.7 Å². The first-order valence-electron chi connectivity index (χ1n) is 6.11. The Morgan fingerprint density at radius 3 is 2.05 bits per heavy atom. The second kappa shape index (κ2) is 5.85. The molecule has 0 aromatic carbocycles. The standard InChI is InChI=1S/C7H11F3N4.C4H8O/c1-6(2,3)4-14-12-5(11-13-14)7(8,9)10;5-4-2-1-3-4/h4H2,1-3H3;4-5H,1-3H2. The lowest BCUT2D eigenvalue weighted by Crippen LogP contribution is -2.18. The van der Waals surface area contributed by atoms with Crippen LogP contribution in [0.4, 0.5) is 13.2 Å². The van der Waals surface area contributed by atoms with Crippen LogP contribution < -0.4 is 0 Å². The summed E-state index contributed by atoms with van der Waals surface area (Å²) in [5.74, 6) is -1.19. The summed E-state index contributed by atoms with van der Waals surface area (Å²) in [7, 11) is 0. The molecule has 0 atom stereocenters. The molecule has 0 bridgehead atoms. The molecule has 0 aliphatic heterocycles. The summed E-state index contributed by atoms with van der Waals surface area (Å²) in [4.78, 5) is 0.961. The van der Waals surface area contributed by atoms with Gasteiger partial charge in [-0.15, -0.1) is 10.2 Å². The molecular formula is C11H19F3N4O. The highest BCUT2D eigenvalue weighted by molar-refractivity contribution is 4.83. The maximum absolute atomic E-state index is 12.1. The molecule has 8 heteroatoms. The maximum Gasteiger partial charge on any atom is 0.455 e. The lowest BCUT2D eigenvalue weighted by Gasteiger charge is -2.17. The predicted octanol–water partition coefficient (Wildman–Crippen LogP) is 2.27. The van der Waals surface area contributed by atoms with Crippen LogP contribution in [0.25, 0.3) is 0 Å². The lowest BCUT2D eigenvalue weighted by molar-refractivity contribution is -0.145. The van der Waals surface area contributed by atoms with Gasteiger partial charge in [-0.25, -0.2) is 0 Å². The van der Waals surface area contributed by atoms with E-state index >= 15 is 0 Å². The molecule has 1 saturated carbocycles. The summed E-state index contributed by atoms with van der Waals surface area (Å²) in [6.07, 6.45) is -1.13. The van der Waals surface area contributed by atoms with Crippen LogP contribution in [0.3, 0.4) is 0 Å². The quantitative estimate of drug-likeness (QED) is 0.857. The van der Waals surface area contributed by atoms with Gasteiger partial charge in [0.15, 0.2) is 0 Å². The number of tetrazole rings is 1. The van der Waals surface area contributed by atoms with E-state index in [0.29, 0.717) is 6.54 Å². The van der Waals surface area contributed by atoms with Crippen molar-refractivity contribution in [3.05, 3.63) is 5.82 Å². The molecule has 1 N–H and O–H groups in total. The van der Waals surface area contributed by atoms with E-state index in [1.807, 2.05) is 20.8 Å². The zero-order valence-electron chi connectivity index (χ0n) is 11.3. The van der Waals surface area contributed by atoms with Gasteiger partial charge in [-0.1, -0.05) is 20.8 Å². The van der Waals surface area contributed by atoms with E-state index in [4.69, 9.17) is 5.11 Å². The Morgan fingerprint density at radius 2 is 1.79 bits per heavy atom. The molecule has 5 nitrogen and oxygen atoms in total. The third kappa shape index (κ3) is 6.00. The van der Waals surface area contributed by atoms with E-state index in [0.717, 1.165) is 17.6 Å². The smallest absolute Gasteiger partial charge is 0.393 e. The van der Waals surface area contributed by atoms with Gasteiger partial charge in [-0.3, -0.25) is 0 Å². The summed E-state index contributed by atoms with van der Waals surface area (Å²) in [5, 5.41) is 17.9. The van der Waals surface area contributed by atoms with Gasteiger partial charge in [-0.2, -0.15) is 18.0 Å². The average molecular weight is 280 g/mol. The summed E-state index contributed by atoms with van der Waals surface area (Å²) >= 11 is 0. The van der Waals surface area contributed by atoms with Gasteiger partial charge in [0.1, 0.15) is 0 Å². The largest absolute Gasteiger partial charge is 0.455 e. The first kappa shape index (κ1) is 15.9. The second-order valence-corrected chi connectivity index (χ2v) is 5.79. The van der Waals surface area contributed by atoms with Gasteiger partial charge in [0.05, 0.1) is 12.6 Å². The SMILES string of the molecule is CC(C)(C)Cn1nnc(C(F)(F)F)n1.OC1CCC1. The number of alkyl halides is 3. The zero-order chi connectivity index (χ0) is 14.7. The fourth-order valence-electron chi connectivity index (χ4n) is 1.23. The van der Waals surface area contributed by atoms with Crippen molar-refractivity contribution in [2.75, 3.05) is 0 Å². The summed E-state index contributed by atoms with van der Waals surface area (Å²) in [6.45, 7) is 5.94. The number of halogens is 3. The van der Waals surface area contributed by atoms with Gasteiger partial charge >= 0.3 is 6.18 Å². The van der Waals surface area contributed by atoms with Crippen molar-refractivity contribution in [3.63, 3.8) is 0 Å². The van der Waals surface area contributed by atoms with Crippen molar-refractivity contribution in [3.8, 4) is 0 Å². The van der Waals surface area contributed by atoms with E-state index in [1.54, 1.807) is 0 Å². The highest BCUT2D eigenvalue weighted by Gasteiger charge is 2.37. The van der Waals surface area contributed by atoms with Crippen LogP contribution in [-0.4, -0.2) is 31.4 Å². The third-order valence-corrected chi connectivity index (χ3v) is 2.40. The summed E-state index contributed by atoms with van der Waals surface area (Å²) < 4.78 is 36.2. The Bertz CT molecular complexity index is 393. The van der Waals surface area contributed by atoms with Gasteiger partial charge in [0.2, 0.25) is 0 Å². The van der Waals surface area contributed by atoms with Gasteiger partial charge in [0, 0.05) is 0 Å². The van der Waals surface area contributed by atoms with Crippen molar-refractivity contribution in [2.24, 2.45) is 5.41 Å². The van der Waals surface area contributed by atoms with Crippen LogP contribution in [0.2, 0.25) is 0 Å². The molecule has 2 rings (SSSR count). The normalized spacial score (nSPS) is 16.6. The lowest BCUT2D eigenvalue weighted by atomic mass is 9.97. The van der Waals surface area contributed by atoms with Crippen LogP contribution >= 0.6 is 0 Å². The number of hydrogen-bond donors (Lipinski definition) is 1. The summed E-state index contributed by atoms with van der Waals surface area (Å²) in [5.41, 5.74) is -0.177. The molecule has 1 fully saturated rings. The molecule has 0 amide bonds. The van der Waals surface area contributed by atoms with Crippen LogP contribution in [0, 0.1) is 5.41 Å². The Kier molecular flexibility index (Phi) is 4.89. The van der Waals surface area contributed by atoms with Crippen molar-refractivity contribution in [1.82, 2.24) is 20.2 Å². The molecule has 1 aromatic rings. The molecule has 1 heterocycles. The van der Waals surface area contributed by atoms with Crippen LogP contribution in [0.15, 0.2) is 0 Å². The minimum atomic E-state index is -4.52. The molecule has 0 saturated heterocycles. The van der Waals surface area contributed by atoms with Gasteiger partial charge in [0.25, 0.3) is 5.82 Å². The number of nitrogens with zero attached hydrogens (tertiary/aromatic N) is 4. The number of hydrogen-bond acceptors (Lipinski definition) is 4. The fourth-order valence-corrected chi connectivity index (χ4v) is 1.23. The van der Waals surface area contributed by atoms with Crippen LogP contribution in [0.5, 0.6) is 0 Å². The molecule has 19 heavy (non-hydrogen) atoms. The molecule has 0 spiro atoms. The highest BCUT2D eigenvalue weighted by Crippen LogP contribution is 2.25. The number of rotatable bonds is 1. The topological polar surface area (TPSA) is 63.8 Å². The predicted molar refractivity (Wildman–Crippen MR) is 62.1 cm³/mol. The van der Waals surface area contributed by atoms with E-state index in [2.05, 4.69) is 15.4 Å². The van der Waals surface area contributed by atoms with Crippen LogP contribution in [0.1, 0.15) is 45.9 Å². The van der Waals surface area contributed by atoms with Gasteiger partial charge in [-0.05, 0) is 29.9 Å². The Labute approximate surface area is 109 Å². The monoisotopic (exact) mass is 280 g/mol. The molecule has 110 valence electrons. The molecule has 1 aliphatic rings. The fraction of sp³-hybridized carbons (Fsp3) is 0.909. The molecule has 1 aliphatic carbocycles. The molecule has 1 aromatic heterocycles. The van der Waals surface area contributed by atoms with E-state index in [1.165, 1.54) is 6.42 Å². The Morgan fingerprint density at radius 1 is 1.26 bits per heavy atom. The highest BCUT2D eigenvalue weighted by atomic mass is 19.4. The second-order valence-electron chi connectivity index (χ2n) is 5.79. The van der Waals surface area contributed by atoms with Crippen molar-refractivity contribution in [2.45, 2.75) is 58.9 Å². The molecule has 0 radical (unpaired) electrons. The zero-order valence-corrected chi connectivity index (χ0v) is 11.3. The Balaban J connectivity index is 0.000000300. The average Bonchev–Trinajstić information content (AvgIpc) is 2.60. The minimum absolute atomic E-state index is 0.0648. The van der Waals surface area contributed by atoms with Crippen molar-refractivity contribution >= 4 is 0 Å². The van der Waals surface area contributed by atoms with Gasteiger partial charge < -0.3 is 5.11 Å². The summed E-state index contributed by atoms with van der Waals surface area (Å²) in [6, 6.07) is 0. The molecular weight excluding hydrogens is 261 g/mol. The van der Waals surface area contributed by atoms with E-state index < -0.39 is 12.0 Å².